The first-order valence-electron chi connectivity index (χ1n) is 21.1. The first-order valence-corrected chi connectivity index (χ1v) is 21.1. The van der Waals surface area contributed by atoms with Crippen molar-refractivity contribution in [2.45, 2.75) is 52.0 Å². The Kier molecular flexibility index (Phi) is 7.48. The average Bonchev–Trinajstić information content (AvgIpc) is 3.78. The van der Waals surface area contributed by atoms with Gasteiger partial charge in [-0.05, 0) is 142 Å². The summed E-state index contributed by atoms with van der Waals surface area (Å²) in [5.74, 6) is 0. The van der Waals surface area contributed by atoms with E-state index in [1.165, 1.54) is 115 Å². The van der Waals surface area contributed by atoms with Crippen LogP contribution in [0.4, 0.5) is 0 Å². The van der Waals surface area contributed by atoms with Gasteiger partial charge in [0.05, 0.1) is 6.04 Å². The number of allylic oxidation sites excluding steroid dienone is 2. The Morgan fingerprint density at radius 2 is 1.28 bits per heavy atom. The van der Waals surface area contributed by atoms with E-state index in [1.807, 2.05) is 0 Å². The van der Waals surface area contributed by atoms with E-state index in [9.17, 15) is 0 Å². The molecule has 3 aliphatic carbocycles. The van der Waals surface area contributed by atoms with Crippen LogP contribution in [0.5, 0.6) is 0 Å². The van der Waals surface area contributed by atoms with Crippen LogP contribution in [0.1, 0.15) is 58.9 Å². The summed E-state index contributed by atoms with van der Waals surface area (Å²) in [4.78, 5) is 0. The maximum Gasteiger partial charge on any atom is 0.0566 e. The van der Waals surface area contributed by atoms with E-state index >= 15 is 0 Å². The Labute approximate surface area is 339 Å². The van der Waals surface area contributed by atoms with Gasteiger partial charge in [-0.2, -0.15) is 0 Å². The van der Waals surface area contributed by atoms with E-state index in [1.54, 1.807) is 0 Å². The molecular formula is C56H44N2. The Hall–Kier alpha value is -6.64. The van der Waals surface area contributed by atoms with Crippen LogP contribution >= 0.6 is 0 Å². The molecular weight excluding hydrogens is 701 g/mol. The molecule has 2 aromatic heterocycles. The average molecular weight is 745 g/mol. The first-order chi connectivity index (χ1) is 28.6. The smallest absolute Gasteiger partial charge is 0.0566 e. The lowest BCUT2D eigenvalue weighted by Crippen LogP contribution is -2.34. The van der Waals surface area contributed by atoms with E-state index < -0.39 is 0 Å². The minimum absolute atomic E-state index is 0.150. The topological polar surface area (TPSA) is 9.86 Å². The summed E-state index contributed by atoms with van der Waals surface area (Å²) in [5.41, 5.74) is 17.4. The predicted molar refractivity (Wildman–Crippen MR) is 247 cm³/mol. The van der Waals surface area contributed by atoms with Crippen LogP contribution in [-0.4, -0.2) is 9.13 Å². The number of aromatic nitrogens is 2. The fourth-order valence-electron chi connectivity index (χ4n) is 10.9. The third-order valence-corrected chi connectivity index (χ3v) is 13.2. The molecule has 0 spiro atoms. The molecule has 2 nitrogen and oxygen atoms in total. The number of nitrogens with zero attached hydrogens (tertiary/aromatic N) is 2. The van der Waals surface area contributed by atoms with Crippen molar-refractivity contribution in [1.82, 2.24) is 9.13 Å². The Morgan fingerprint density at radius 1 is 0.569 bits per heavy atom. The monoisotopic (exact) mass is 744 g/mol. The number of rotatable bonds is 4. The van der Waals surface area contributed by atoms with Crippen molar-refractivity contribution < 1.29 is 0 Å². The van der Waals surface area contributed by atoms with Gasteiger partial charge in [0, 0.05) is 38.9 Å². The number of aryl methyl sites for hydroxylation is 2. The van der Waals surface area contributed by atoms with Crippen molar-refractivity contribution in [3.05, 3.63) is 184 Å². The zero-order valence-electron chi connectivity index (χ0n) is 33.1. The van der Waals surface area contributed by atoms with Gasteiger partial charge in [0.25, 0.3) is 0 Å². The van der Waals surface area contributed by atoms with Crippen LogP contribution in [0.2, 0.25) is 0 Å². The Balaban J connectivity index is 1.23. The minimum atomic E-state index is 0.150. The molecule has 0 aliphatic heterocycles. The zero-order valence-corrected chi connectivity index (χ0v) is 33.1. The largest absolute Gasteiger partial charge is 0.333 e. The summed E-state index contributed by atoms with van der Waals surface area (Å²) < 4.78 is 5.20. The molecule has 3 aliphatic rings. The van der Waals surface area contributed by atoms with Crippen molar-refractivity contribution in [3.63, 3.8) is 0 Å². The lowest BCUT2D eigenvalue weighted by Gasteiger charge is -2.24. The summed E-state index contributed by atoms with van der Waals surface area (Å²) >= 11 is 0. The molecule has 0 N–H and O–H groups in total. The summed E-state index contributed by atoms with van der Waals surface area (Å²) in [6, 6.07) is 48.4. The summed E-state index contributed by atoms with van der Waals surface area (Å²) in [6.07, 6.45) is 19.9. The molecule has 1 unspecified atom stereocenters. The van der Waals surface area contributed by atoms with Gasteiger partial charge in [-0.25, -0.2) is 0 Å². The van der Waals surface area contributed by atoms with Gasteiger partial charge in [0.15, 0.2) is 0 Å². The van der Waals surface area contributed by atoms with E-state index in [0.29, 0.717) is 0 Å². The lowest BCUT2D eigenvalue weighted by molar-refractivity contribution is 0.695. The highest BCUT2D eigenvalue weighted by molar-refractivity contribution is 6.12. The molecule has 0 bridgehead atoms. The Morgan fingerprint density at radius 3 is 2.09 bits per heavy atom. The number of benzene rings is 7. The van der Waals surface area contributed by atoms with Gasteiger partial charge in [-0.3, -0.25) is 0 Å². The van der Waals surface area contributed by atoms with Crippen LogP contribution in [0, 0.1) is 13.8 Å². The van der Waals surface area contributed by atoms with Crippen LogP contribution in [0.15, 0.2) is 140 Å². The number of fused-ring (bicyclic) bond motifs is 9. The van der Waals surface area contributed by atoms with Gasteiger partial charge in [-0.1, -0.05) is 145 Å². The van der Waals surface area contributed by atoms with Crippen molar-refractivity contribution in [2.75, 3.05) is 0 Å². The van der Waals surface area contributed by atoms with Crippen LogP contribution in [0.3, 0.4) is 0 Å². The third-order valence-electron chi connectivity index (χ3n) is 13.2. The first kappa shape index (κ1) is 33.5. The summed E-state index contributed by atoms with van der Waals surface area (Å²) in [6.45, 7) is 4.48. The molecule has 0 amide bonds. The molecule has 2 heterocycles. The van der Waals surface area contributed by atoms with Crippen LogP contribution in [-0.2, 0) is 12.8 Å². The highest BCUT2D eigenvalue weighted by Gasteiger charge is 2.26. The predicted octanol–water partition coefficient (Wildman–Crippen LogP) is 13.0. The van der Waals surface area contributed by atoms with Crippen LogP contribution < -0.4 is 10.4 Å². The molecule has 0 radical (unpaired) electrons. The zero-order chi connectivity index (χ0) is 38.5. The fourth-order valence-corrected chi connectivity index (χ4v) is 10.9. The SMILES string of the molecule is Cc1cc(C)cc(-c2c3c(c(-c4cccc5ccccc45)c4cc(-n5c6c(c7c5CCC=C7)CCC=C6)ccc24)=CCC(n2c4ccccc4c4ccccc42)C=3)c1. The number of hydrogen-bond acceptors (Lipinski definition) is 0. The normalized spacial score (nSPS) is 15.7. The van der Waals surface area contributed by atoms with Crippen LogP contribution in [0.25, 0.3) is 95.6 Å². The van der Waals surface area contributed by atoms with Crippen molar-refractivity contribution in [2.24, 2.45) is 0 Å². The summed E-state index contributed by atoms with van der Waals surface area (Å²) in [7, 11) is 0. The molecule has 0 fully saturated rings. The molecule has 2 heteroatoms. The maximum absolute atomic E-state index is 2.61. The van der Waals surface area contributed by atoms with E-state index in [4.69, 9.17) is 0 Å². The Bertz CT molecular complexity index is 3320. The van der Waals surface area contributed by atoms with Gasteiger partial charge < -0.3 is 9.13 Å². The van der Waals surface area contributed by atoms with E-state index in [0.717, 1.165) is 32.1 Å². The second-order valence-electron chi connectivity index (χ2n) is 16.7. The van der Waals surface area contributed by atoms with Gasteiger partial charge in [0.1, 0.15) is 0 Å². The number of hydrogen-bond donors (Lipinski definition) is 0. The fraction of sp³-hybridized carbons (Fsp3) is 0.143. The standard InChI is InChI=1S/C56H44N2/c1-35-30-36(2)32-38(31-35)55-47-28-26-40(58-53-24-11-7-19-44(53)45-20-8-12-25-54(45)58)34-50(47)56(46-21-13-15-37-14-3-4-16-41(37)46)48-29-27-39(33-49(48)55)57-51-22-9-5-17-42(51)43-18-6-10-23-52(43)57/h3-7,9-10,12-19,21-23,25-26,28-34,39H,8,11,20,24,27H2,1-2H3. The molecule has 9 aromatic rings. The third kappa shape index (κ3) is 4.97. The van der Waals surface area contributed by atoms with Crippen molar-refractivity contribution in [1.29, 1.82) is 0 Å². The lowest BCUT2D eigenvalue weighted by atomic mass is 9.83. The van der Waals surface area contributed by atoms with Gasteiger partial charge >= 0.3 is 0 Å². The summed E-state index contributed by atoms with van der Waals surface area (Å²) in [5, 5.41) is 10.5. The second kappa shape index (κ2) is 12.9. The number of para-hydroxylation sites is 2. The van der Waals surface area contributed by atoms with Gasteiger partial charge in [0.2, 0.25) is 0 Å². The van der Waals surface area contributed by atoms with E-state index in [2.05, 4.69) is 187 Å². The highest BCUT2D eigenvalue weighted by atomic mass is 15.0. The molecule has 0 saturated carbocycles. The molecule has 58 heavy (non-hydrogen) atoms. The molecule has 1 atom stereocenters. The minimum Gasteiger partial charge on any atom is -0.333 e. The van der Waals surface area contributed by atoms with Crippen molar-refractivity contribution >= 4 is 67.7 Å². The van der Waals surface area contributed by atoms with Crippen molar-refractivity contribution in [3.8, 4) is 27.9 Å². The molecule has 278 valence electrons. The molecule has 12 rings (SSSR count). The van der Waals surface area contributed by atoms with Gasteiger partial charge in [-0.15, -0.1) is 0 Å². The van der Waals surface area contributed by atoms with E-state index in [-0.39, 0.29) is 6.04 Å². The molecule has 0 saturated heterocycles. The molecule has 7 aromatic carbocycles. The highest BCUT2D eigenvalue weighted by Crippen LogP contribution is 2.41. The quantitative estimate of drug-likeness (QED) is 0.170. The maximum atomic E-state index is 2.61. The second-order valence-corrected chi connectivity index (χ2v) is 16.7.